The molecular weight excluding hydrogens is 166 g/mol. The highest BCUT2D eigenvalue weighted by Crippen LogP contribution is 2.34. The van der Waals surface area contributed by atoms with E-state index in [0.717, 1.165) is 25.8 Å². The molecule has 0 amide bonds. The molecule has 2 saturated heterocycles. The van der Waals surface area contributed by atoms with Crippen LogP contribution in [0.15, 0.2) is 0 Å². The first-order chi connectivity index (χ1) is 6.31. The number of hydrogen-bond donors (Lipinski definition) is 0. The van der Waals surface area contributed by atoms with Gasteiger partial charge in [-0.05, 0) is 12.8 Å². The van der Waals surface area contributed by atoms with Gasteiger partial charge in [0, 0.05) is 19.1 Å². The van der Waals surface area contributed by atoms with Crippen molar-refractivity contribution in [3.63, 3.8) is 0 Å². The van der Waals surface area contributed by atoms with Gasteiger partial charge in [0.25, 0.3) is 0 Å². The highest BCUT2D eigenvalue weighted by atomic mass is 16.5. The van der Waals surface area contributed by atoms with Crippen LogP contribution in [0, 0.1) is 5.92 Å². The van der Waals surface area contributed by atoms with Gasteiger partial charge in [0.1, 0.15) is 0 Å². The zero-order chi connectivity index (χ0) is 9.26. The molecule has 3 heteroatoms. The zero-order valence-corrected chi connectivity index (χ0v) is 8.16. The van der Waals surface area contributed by atoms with E-state index < -0.39 is 0 Å². The molecule has 3 nitrogen and oxygen atoms in total. The Morgan fingerprint density at radius 3 is 3.00 bits per heavy atom. The third-order valence-electron chi connectivity index (χ3n) is 2.92. The van der Waals surface area contributed by atoms with Gasteiger partial charge in [0.2, 0.25) is 0 Å². The molecule has 0 saturated carbocycles. The quantitative estimate of drug-likeness (QED) is 0.370. The molecule has 2 rings (SSSR count). The number of carbonyl (C=O) groups excluding carboxylic acids is 1. The number of hydrogen-bond acceptors (Lipinski definition) is 3. The molecule has 0 bridgehead atoms. The maximum Gasteiger partial charge on any atom is 0.310 e. The predicted molar refractivity (Wildman–Crippen MR) is 49.3 cm³/mol. The summed E-state index contributed by atoms with van der Waals surface area (Å²) in [7, 11) is 0. The van der Waals surface area contributed by atoms with Gasteiger partial charge in [-0.15, -0.1) is 0 Å². The van der Waals surface area contributed by atoms with Crippen molar-refractivity contribution in [2.24, 2.45) is 5.92 Å². The van der Waals surface area contributed by atoms with E-state index in [2.05, 4.69) is 11.8 Å². The fourth-order valence-electron chi connectivity index (χ4n) is 1.96. The third kappa shape index (κ3) is 2.02. The maximum atomic E-state index is 11.4. The Balaban J connectivity index is 1.66. The standard InChI is InChI=1S/C10H17NO2/c1-2-3-4-13-10(12)8-5-9-7-11(9)6-8/h8-9H,2-7H2,1H3. The van der Waals surface area contributed by atoms with Crippen LogP contribution < -0.4 is 0 Å². The summed E-state index contributed by atoms with van der Waals surface area (Å²) in [5.41, 5.74) is 0. The van der Waals surface area contributed by atoms with Gasteiger partial charge >= 0.3 is 5.97 Å². The van der Waals surface area contributed by atoms with E-state index in [1.807, 2.05) is 0 Å². The van der Waals surface area contributed by atoms with Crippen LogP contribution in [0.1, 0.15) is 26.2 Å². The Kier molecular flexibility index (Phi) is 2.54. The van der Waals surface area contributed by atoms with Crippen LogP contribution in [-0.2, 0) is 9.53 Å². The van der Waals surface area contributed by atoms with Crippen LogP contribution in [0.3, 0.4) is 0 Å². The summed E-state index contributed by atoms with van der Waals surface area (Å²) in [6.45, 7) is 4.86. The largest absolute Gasteiger partial charge is 0.465 e. The first kappa shape index (κ1) is 9.00. The van der Waals surface area contributed by atoms with Crippen molar-refractivity contribution in [3.05, 3.63) is 0 Å². The molecule has 0 N–H and O–H groups in total. The van der Waals surface area contributed by atoms with Crippen molar-refractivity contribution in [2.75, 3.05) is 19.7 Å². The number of piperidine rings is 1. The summed E-state index contributed by atoms with van der Waals surface area (Å²) >= 11 is 0. The Morgan fingerprint density at radius 1 is 1.54 bits per heavy atom. The number of ether oxygens (including phenoxy) is 1. The molecule has 0 spiro atoms. The second kappa shape index (κ2) is 3.66. The number of esters is 1. The topological polar surface area (TPSA) is 29.3 Å². The van der Waals surface area contributed by atoms with Crippen molar-refractivity contribution in [3.8, 4) is 0 Å². The molecule has 0 radical (unpaired) electrons. The zero-order valence-electron chi connectivity index (χ0n) is 8.16. The van der Waals surface area contributed by atoms with Crippen molar-refractivity contribution in [1.29, 1.82) is 0 Å². The number of fused-ring (bicyclic) bond motifs is 1. The van der Waals surface area contributed by atoms with Crippen LogP contribution in [0.2, 0.25) is 0 Å². The van der Waals surface area contributed by atoms with Crippen LogP contribution in [0.25, 0.3) is 0 Å². The third-order valence-corrected chi connectivity index (χ3v) is 2.92. The van der Waals surface area contributed by atoms with Crippen LogP contribution in [0.4, 0.5) is 0 Å². The van der Waals surface area contributed by atoms with Gasteiger partial charge in [-0.3, -0.25) is 9.69 Å². The smallest absolute Gasteiger partial charge is 0.310 e. The summed E-state index contributed by atoms with van der Waals surface area (Å²) in [6.07, 6.45) is 3.11. The minimum absolute atomic E-state index is 0.0284. The molecule has 2 heterocycles. The molecule has 3 atom stereocenters. The van der Waals surface area contributed by atoms with Crippen LogP contribution in [-0.4, -0.2) is 36.6 Å². The van der Waals surface area contributed by atoms with E-state index >= 15 is 0 Å². The molecule has 0 aromatic rings. The highest BCUT2D eigenvalue weighted by molar-refractivity contribution is 5.73. The average molecular weight is 183 g/mol. The molecule has 0 aliphatic carbocycles. The van der Waals surface area contributed by atoms with E-state index in [1.165, 1.54) is 6.54 Å². The van der Waals surface area contributed by atoms with E-state index in [-0.39, 0.29) is 11.9 Å². The van der Waals surface area contributed by atoms with Crippen molar-refractivity contribution in [2.45, 2.75) is 32.2 Å². The van der Waals surface area contributed by atoms with Gasteiger partial charge < -0.3 is 4.74 Å². The molecular formula is C10H17NO2. The fourth-order valence-corrected chi connectivity index (χ4v) is 1.96. The summed E-state index contributed by atoms with van der Waals surface area (Å²) < 4.78 is 5.17. The minimum atomic E-state index is 0.0284. The molecule has 0 aromatic heterocycles. The number of nitrogens with zero attached hydrogens (tertiary/aromatic N) is 1. The average Bonchev–Trinajstić information content (AvgIpc) is 2.74. The highest BCUT2D eigenvalue weighted by Gasteiger charge is 2.46. The summed E-state index contributed by atoms with van der Waals surface area (Å²) in [6, 6.07) is 0.712. The summed E-state index contributed by atoms with van der Waals surface area (Å²) in [4.78, 5) is 13.8. The first-order valence-corrected chi connectivity index (χ1v) is 5.22. The van der Waals surface area contributed by atoms with E-state index in [4.69, 9.17) is 4.74 Å². The lowest BCUT2D eigenvalue weighted by Crippen LogP contribution is -2.21. The monoisotopic (exact) mass is 183 g/mol. The maximum absolute atomic E-state index is 11.4. The van der Waals surface area contributed by atoms with E-state index in [0.29, 0.717) is 12.6 Å². The lowest BCUT2D eigenvalue weighted by atomic mass is 10.1. The first-order valence-electron chi connectivity index (χ1n) is 5.22. The SMILES string of the molecule is CCCCOC(=O)C1CC2CN2C1. The predicted octanol–water partition coefficient (Wildman–Crippen LogP) is 1.03. The summed E-state index contributed by atoms with van der Waals surface area (Å²) in [5.74, 6) is 0.205. The van der Waals surface area contributed by atoms with Gasteiger partial charge in [0.15, 0.2) is 0 Å². The molecule has 13 heavy (non-hydrogen) atoms. The number of rotatable bonds is 4. The number of carbonyl (C=O) groups is 1. The summed E-state index contributed by atoms with van der Waals surface area (Å²) in [5, 5.41) is 0. The molecule has 2 fully saturated rings. The molecule has 2 aliphatic heterocycles. The van der Waals surface area contributed by atoms with E-state index in [1.54, 1.807) is 0 Å². The van der Waals surface area contributed by atoms with Crippen LogP contribution >= 0.6 is 0 Å². The molecule has 0 aromatic carbocycles. The lowest BCUT2D eigenvalue weighted by Gasteiger charge is -2.10. The molecule has 3 unspecified atom stereocenters. The normalized spacial score (nSPS) is 35.6. The Morgan fingerprint density at radius 2 is 2.38 bits per heavy atom. The minimum Gasteiger partial charge on any atom is -0.465 e. The second-order valence-corrected chi connectivity index (χ2v) is 4.06. The van der Waals surface area contributed by atoms with Gasteiger partial charge in [-0.1, -0.05) is 13.3 Å². The van der Waals surface area contributed by atoms with E-state index in [9.17, 15) is 4.79 Å². The molecule has 2 aliphatic rings. The number of unbranched alkanes of at least 4 members (excludes halogenated alkanes) is 1. The Bertz CT molecular complexity index is 195. The Labute approximate surface area is 79.0 Å². The second-order valence-electron chi connectivity index (χ2n) is 4.06. The van der Waals surface area contributed by atoms with Crippen LogP contribution in [0.5, 0.6) is 0 Å². The van der Waals surface area contributed by atoms with Crippen molar-refractivity contribution >= 4 is 5.97 Å². The fraction of sp³-hybridized carbons (Fsp3) is 0.900. The Hall–Kier alpha value is -0.570. The van der Waals surface area contributed by atoms with Gasteiger partial charge in [-0.2, -0.15) is 0 Å². The van der Waals surface area contributed by atoms with Gasteiger partial charge in [-0.25, -0.2) is 0 Å². The lowest BCUT2D eigenvalue weighted by molar-refractivity contribution is -0.148. The van der Waals surface area contributed by atoms with Crippen molar-refractivity contribution in [1.82, 2.24) is 4.90 Å². The van der Waals surface area contributed by atoms with Gasteiger partial charge in [0.05, 0.1) is 12.5 Å². The van der Waals surface area contributed by atoms with Crippen molar-refractivity contribution < 1.29 is 9.53 Å². The molecule has 74 valence electrons.